The van der Waals surface area contributed by atoms with Crippen LogP contribution in [-0.2, 0) is 9.63 Å². The first-order valence-electron chi connectivity index (χ1n) is 6.78. The van der Waals surface area contributed by atoms with Gasteiger partial charge in [0.15, 0.2) is 4.08 Å². The fourth-order valence-corrected chi connectivity index (χ4v) is 5.32. The molecule has 2 amide bonds. The Kier molecular flexibility index (Phi) is 4.28. The van der Waals surface area contributed by atoms with Gasteiger partial charge in [0, 0.05) is 11.5 Å². The Bertz CT molecular complexity index is 681. The molecule has 1 fully saturated rings. The third-order valence-electron chi connectivity index (χ3n) is 3.51. The summed E-state index contributed by atoms with van der Waals surface area (Å²) in [7, 11) is 0. The first-order chi connectivity index (χ1) is 11.3. The van der Waals surface area contributed by atoms with Crippen LogP contribution >= 0.6 is 23.5 Å². The van der Waals surface area contributed by atoms with Gasteiger partial charge in [0.05, 0.1) is 17.5 Å². The number of fused-ring (bicyclic) bond motifs is 1. The van der Waals surface area contributed by atoms with Crippen LogP contribution in [0.2, 0.25) is 0 Å². The van der Waals surface area contributed by atoms with E-state index < -0.39 is 34.5 Å². The molecule has 24 heavy (non-hydrogen) atoms. The molecule has 1 saturated heterocycles. The van der Waals surface area contributed by atoms with Crippen LogP contribution < -0.4 is 0 Å². The molecule has 2 aliphatic rings. The molecule has 0 atom stereocenters. The Balaban J connectivity index is 1.74. The molecule has 0 bridgehead atoms. The zero-order chi connectivity index (χ0) is 17.5. The predicted molar refractivity (Wildman–Crippen MR) is 81.4 cm³/mol. The van der Waals surface area contributed by atoms with E-state index in [4.69, 9.17) is 0 Å². The minimum absolute atomic E-state index is 0.0467. The number of rotatable bonds is 3. The number of nitrogens with zero attached hydrogens (tertiary/aromatic N) is 1. The summed E-state index contributed by atoms with van der Waals surface area (Å²) < 4.78 is 37.5. The van der Waals surface area contributed by atoms with Crippen LogP contribution in [0.15, 0.2) is 24.3 Å². The normalized spacial score (nSPS) is 19.5. The minimum Gasteiger partial charge on any atom is -0.330 e. The maximum absolute atomic E-state index is 13.3. The standard InChI is InChI=1S/C14H10F3NO4S2/c15-14(16,17)13(23-5-6-24-13)7-10(19)22-18-11(20)8-3-1-2-4-9(8)12(18)21/h1-4H,5-7H2. The summed E-state index contributed by atoms with van der Waals surface area (Å²) in [6.07, 6.45) is -5.58. The van der Waals surface area contributed by atoms with Crippen molar-refractivity contribution >= 4 is 41.3 Å². The van der Waals surface area contributed by atoms with Crippen LogP contribution in [0.5, 0.6) is 0 Å². The minimum atomic E-state index is -4.61. The molecule has 1 aromatic carbocycles. The van der Waals surface area contributed by atoms with E-state index in [0.29, 0.717) is 23.5 Å². The highest BCUT2D eigenvalue weighted by Crippen LogP contribution is 2.56. The van der Waals surface area contributed by atoms with E-state index in [1.165, 1.54) is 24.3 Å². The van der Waals surface area contributed by atoms with Crippen molar-refractivity contribution in [2.45, 2.75) is 16.7 Å². The number of carbonyl (C=O) groups is 3. The lowest BCUT2D eigenvalue weighted by atomic mass is 10.1. The van der Waals surface area contributed by atoms with E-state index in [2.05, 4.69) is 4.84 Å². The predicted octanol–water partition coefficient (Wildman–Crippen LogP) is 2.87. The maximum atomic E-state index is 13.3. The average molecular weight is 377 g/mol. The Hall–Kier alpha value is -1.68. The van der Waals surface area contributed by atoms with Crippen molar-refractivity contribution in [2.75, 3.05) is 11.5 Å². The van der Waals surface area contributed by atoms with Crippen molar-refractivity contribution < 1.29 is 32.4 Å². The zero-order valence-corrected chi connectivity index (χ0v) is 13.6. The van der Waals surface area contributed by atoms with Crippen LogP contribution in [0.4, 0.5) is 13.2 Å². The van der Waals surface area contributed by atoms with Gasteiger partial charge >= 0.3 is 12.1 Å². The number of hydrogen-bond acceptors (Lipinski definition) is 6. The molecule has 0 N–H and O–H groups in total. The lowest BCUT2D eigenvalue weighted by Gasteiger charge is -2.28. The lowest BCUT2D eigenvalue weighted by molar-refractivity contribution is -0.177. The molecule has 2 heterocycles. The molecule has 1 aromatic rings. The fourth-order valence-electron chi connectivity index (χ4n) is 2.39. The van der Waals surface area contributed by atoms with Gasteiger partial charge < -0.3 is 4.84 Å². The smallest absolute Gasteiger partial charge is 0.330 e. The number of carbonyl (C=O) groups excluding carboxylic acids is 3. The number of alkyl halides is 3. The van der Waals surface area contributed by atoms with Gasteiger partial charge in [-0.05, 0) is 12.1 Å². The summed E-state index contributed by atoms with van der Waals surface area (Å²) in [6.45, 7) is 0. The van der Waals surface area contributed by atoms with Crippen LogP contribution in [0, 0.1) is 0 Å². The second-order valence-electron chi connectivity index (χ2n) is 5.04. The summed E-state index contributed by atoms with van der Waals surface area (Å²) in [4.78, 5) is 40.7. The third kappa shape index (κ3) is 2.77. The van der Waals surface area contributed by atoms with Gasteiger partial charge in [-0.25, -0.2) is 4.79 Å². The number of imide groups is 1. The van der Waals surface area contributed by atoms with Crippen LogP contribution in [0.1, 0.15) is 27.1 Å². The topological polar surface area (TPSA) is 63.7 Å². The van der Waals surface area contributed by atoms with Crippen molar-refractivity contribution in [2.24, 2.45) is 0 Å². The van der Waals surface area contributed by atoms with E-state index in [1.807, 2.05) is 0 Å². The molecule has 2 aliphatic heterocycles. The van der Waals surface area contributed by atoms with E-state index in [9.17, 15) is 27.6 Å². The number of amides is 2. The van der Waals surface area contributed by atoms with Crippen molar-refractivity contribution in [1.82, 2.24) is 5.06 Å². The summed E-state index contributed by atoms with van der Waals surface area (Å²) >= 11 is 1.24. The van der Waals surface area contributed by atoms with Gasteiger partial charge in [0.25, 0.3) is 11.8 Å². The second-order valence-corrected chi connectivity index (χ2v) is 8.08. The van der Waals surface area contributed by atoms with E-state index in [1.54, 1.807) is 0 Å². The summed E-state index contributed by atoms with van der Waals surface area (Å²) in [6, 6.07) is 5.81. The summed E-state index contributed by atoms with van der Waals surface area (Å²) in [5, 5.41) is 0.224. The molecular weight excluding hydrogens is 367 g/mol. The summed E-state index contributed by atoms with van der Waals surface area (Å²) in [5.74, 6) is -2.49. The molecule has 0 saturated carbocycles. The number of hydroxylamine groups is 2. The lowest BCUT2D eigenvalue weighted by Crippen LogP contribution is -2.41. The number of benzene rings is 1. The Labute approximate surface area is 142 Å². The number of thioether (sulfide) groups is 2. The SMILES string of the molecule is O=C(CC1(C(F)(F)F)SCCS1)ON1C(=O)c2ccccc2C1=O. The highest BCUT2D eigenvalue weighted by Gasteiger charge is 2.59. The van der Waals surface area contributed by atoms with E-state index >= 15 is 0 Å². The second kappa shape index (κ2) is 5.99. The van der Waals surface area contributed by atoms with Gasteiger partial charge in [0.2, 0.25) is 0 Å². The number of hydrogen-bond donors (Lipinski definition) is 0. The maximum Gasteiger partial charge on any atom is 0.412 e. The Morgan fingerprint density at radius 3 is 2.08 bits per heavy atom. The molecule has 0 unspecified atom stereocenters. The van der Waals surface area contributed by atoms with E-state index in [-0.39, 0.29) is 27.7 Å². The van der Waals surface area contributed by atoms with Crippen LogP contribution in [0.3, 0.4) is 0 Å². The molecule has 0 aliphatic carbocycles. The highest BCUT2D eigenvalue weighted by atomic mass is 32.2. The van der Waals surface area contributed by atoms with Crippen molar-refractivity contribution in [1.29, 1.82) is 0 Å². The quantitative estimate of drug-likeness (QED) is 0.755. The molecular formula is C14H10F3NO4S2. The van der Waals surface area contributed by atoms with Crippen molar-refractivity contribution in [3.8, 4) is 0 Å². The zero-order valence-electron chi connectivity index (χ0n) is 12.0. The van der Waals surface area contributed by atoms with Gasteiger partial charge in [0.1, 0.15) is 0 Å². The van der Waals surface area contributed by atoms with Crippen molar-refractivity contribution in [3.63, 3.8) is 0 Å². The molecule has 0 spiro atoms. The van der Waals surface area contributed by atoms with Gasteiger partial charge in [-0.3, -0.25) is 9.59 Å². The molecule has 10 heteroatoms. The first-order valence-corrected chi connectivity index (χ1v) is 8.75. The largest absolute Gasteiger partial charge is 0.412 e. The van der Waals surface area contributed by atoms with Crippen molar-refractivity contribution in [3.05, 3.63) is 35.4 Å². The molecule has 128 valence electrons. The van der Waals surface area contributed by atoms with Gasteiger partial charge in [-0.2, -0.15) is 13.2 Å². The molecule has 5 nitrogen and oxygen atoms in total. The number of halogens is 3. The van der Waals surface area contributed by atoms with Gasteiger partial charge in [-0.1, -0.05) is 17.2 Å². The first kappa shape index (κ1) is 17.2. The molecule has 3 rings (SSSR count). The van der Waals surface area contributed by atoms with Crippen LogP contribution in [-0.4, -0.2) is 44.6 Å². The summed E-state index contributed by atoms with van der Waals surface area (Å²) in [5.41, 5.74) is 0.0934. The Morgan fingerprint density at radius 1 is 1.12 bits per heavy atom. The third-order valence-corrected chi connectivity index (χ3v) is 6.98. The molecule has 0 aromatic heterocycles. The fraction of sp³-hybridized carbons (Fsp3) is 0.357. The van der Waals surface area contributed by atoms with E-state index in [0.717, 1.165) is 0 Å². The van der Waals surface area contributed by atoms with Gasteiger partial charge in [-0.15, -0.1) is 23.5 Å². The highest BCUT2D eigenvalue weighted by molar-refractivity contribution is 8.21. The monoisotopic (exact) mass is 377 g/mol. The molecule has 0 radical (unpaired) electrons. The average Bonchev–Trinajstić information content (AvgIpc) is 3.08. The van der Waals surface area contributed by atoms with Crippen LogP contribution in [0.25, 0.3) is 0 Å². The Morgan fingerprint density at radius 2 is 1.62 bits per heavy atom.